The highest BCUT2D eigenvalue weighted by molar-refractivity contribution is 8.00. The minimum absolute atomic E-state index is 0.688. The van der Waals surface area contributed by atoms with Crippen molar-refractivity contribution in [3.8, 4) is 0 Å². The second-order valence-electron chi connectivity index (χ2n) is 5.82. The maximum Gasteiger partial charge on any atom is 0.0237 e. The molecule has 0 amide bonds. The number of benzene rings is 1. The van der Waals surface area contributed by atoms with E-state index < -0.39 is 0 Å². The van der Waals surface area contributed by atoms with Crippen LogP contribution >= 0.6 is 11.8 Å². The summed E-state index contributed by atoms with van der Waals surface area (Å²) >= 11 is 2.11. The van der Waals surface area contributed by atoms with Crippen molar-refractivity contribution in [1.82, 2.24) is 10.2 Å². The molecule has 2 nitrogen and oxygen atoms in total. The smallest absolute Gasteiger partial charge is 0.0237 e. The SMILES string of the molecule is CC1SCCN(Cc2ccc3c(c2)CNCC3)C1C. The van der Waals surface area contributed by atoms with Crippen molar-refractivity contribution in [2.45, 2.75) is 44.6 Å². The van der Waals surface area contributed by atoms with E-state index in [1.165, 1.54) is 35.4 Å². The van der Waals surface area contributed by atoms with Crippen molar-refractivity contribution in [1.29, 1.82) is 0 Å². The monoisotopic (exact) mass is 276 g/mol. The van der Waals surface area contributed by atoms with Gasteiger partial charge in [-0.15, -0.1) is 0 Å². The van der Waals surface area contributed by atoms with E-state index in [4.69, 9.17) is 0 Å². The fraction of sp³-hybridized carbons (Fsp3) is 0.625. The fourth-order valence-corrected chi connectivity index (χ4v) is 4.25. The van der Waals surface area contributed by atoms with Gasteiger partial charge in [0.25, 0.3) is 0 Å². The Morgan fingerprint density at radius 3 is 3.11 bits per heavy atom. The van der Waals surface area contributed by atoms with E-state index in [2.05, 4.69) is 54.0 Å². The number of hydrogen-bond donors (Lipinski definition) is 1. The maximum absolute atomic E-state index is 3.47. The molecular formula is C16H24N2S. The number of thioether (sulfide) groups is 1. The number of fused-ring (bicyclic) bond motifs is 1. The summed E-state index contributed by atoms with van der Waals surface area (Å²) in [5.41, 5.74) is 4.53. The predicted octanol–water partition coefficient (Wildman–Crippen LogP) is 2.66. The summed E-state index contributed by atoms with van der Waals surface area (Å²) in [4.78, 5) is 2.64. The van der Waals surface area contributed by atoms with Crippen LogP contribution in [0.2, 0.25) is 0 Å². The highest BCUT2D eigenvalue weighted by Crippen LogP contribution is 2.26. The first kappa shape index (κ1) is 13.5. The molecular weight excluding hydrogens is 252 g/mol. The van der Waals surface area contributed by atoms with E-state index in [1.807, 2.05) is 0 Å². The van der Waals surface area contributed by atoms with Crippen LogP contribution in [0.25, 0.3) is 0 Å². The van der Waals surface area contributed by atoms with Crippen molar-refractivity contribution in [3.05, 3.63) is 34.9 Å². The third-order valence-corrected chi connectivity index (χ3v) is 5.90. The molecule has 2 heterocycles. The van der Waals surface area contributed by atoms with Gasteiger partial charge in [0.1, 0.15) is 0 Å². The third kappa shape index (κ3) is 2.99. The van der Waals surface area contributed by atoms with E-state index in [0.717, 1.165) is 24.9 Å². The largest absolute Gasteiger partial charge is 0.312 e. The molecule has 0 aliphatic carbocycles. The van der Waals surface area contributed by atoms with Gasteiger partial charge in [0.2, 0.25) is 0 Å². The van der Waals surface area contributed by atoms with Gasteiger partial charge in [-0.25, -0.2) is 0 Å². The molecule has 2 atom stereocenters. The molecule has 0 bridgehead atoms. The Hall–Kier alpha value is -0.510. The second kappa shape index (κ2) is 5.86. The summed E-state index contributed by atoms with van der Waals surface area (Å²) in [6, 6.07) is 7.79. The number of nitrogens with one attached hydrogen (secondary N) is 1. The number of hydrogen-bond acceptors (Lipinski definition) is 3. The van der Waals surface area contributed by atoms with Crippen LogP contribution in [-0.4, -0.2) is 35.0 Å². The van der Waals surface area contributed by atoms with E-state index in [0.29, 0.717) is 6.04 Å². The van der Waals surface area contributed by atoms with Crippen LogP contribution in [0, 0.1) is 0 Å². The molecule has 1 N–H and O–H groups in total. The lowest BCUT2D eigenvalue weighted by molar-refractivity contribution is 0.204. The van der Waals surface area contributed by atoms with E-state index in [1.54, 1.807) is 0 Å². The van der Waals surface area contributed by atoms with Gasteiger partial charge in [0.15, 0.2) is 0 Å². The van der Waals surface area contributed by atoms with Crippen molar-refractivity contribution >= 4 is 11.8 Å². The highest BCUT2D eigenvalue weighted by Gasteiger charge is 2.25. The summed E-state index contributed by atoms with van der Waals surface area (Å²) < 4.78 is 0. The minimum atomic E-state index is 0.688. The van der Waals surface area contributed by atoms with Crippen LogP contribution in [0.3, 0.4) is 0 Å². The Morgan fingerprint density at radius 1 is 1.32 bits per heavy atom. The molecule has 0 radical (unpaired) electrons. The Bertz CT molecular complexity index is 446. The van der Waals surface area contributed by atoms with Gasteiger partial charge in [-0.1, -0.05) is 25.1 Å². The van der Waals surface area contributed by atoms with Crippen molar-refractivity contribution in [3.63, 3.8) is 0 Å². The summed E-state index contributed by atoms with van der Waals surface area (Å²) in [6.07, 6.45) is 1.18. The van der Waals surface area contributed by atoms with E-state index >= 15 is 0 Å². The standard InChI is InChI=1S/C16H24N2S/c1-12-13(2)19-8-7-18(12)11-14-3-4-15-5-6-17-10-16(15)9-14/h3-4,9,12-13,17H,5-8,10-11H2,1-2H3. The summed E-state index contributed by atoms with van der Waals surface area (Å²) in [5.74, 6) is 1.28. The van der Waals surface area contributed by atoms with Crippen LogP contribution < -0.4 is 5.32 Å². The summed E-state index contributed by atoms with van der Waals surface area (Å²) in [5, 5.41) is 4.23. The molecule has 3 rings (SSSR count). The van der Waals surface area contributed by atoms with E-state index in [-0.39, 0.29) is 0 Å². The zero-order valence-electron chi connectivity index (χ0n) is 12.0. The molecule has 19 heavy (non-hydrogen) atoms. The number of nitrogens with zero attached hydrogens (tertiary/aromatic N) is 1. The van der Waals surface area contributed by atoms with Crippen LogP contribution in [0.15, 0.2) is 18.2 Å². The topological polar surface area (TPSA) is 15.3 Å². The Kier molecular flexibility index (Phi) is 4.15. The maximum atomic E-state index is 3.47. The molecule has 0 spiro atoms. The van der Waals surface area contributed by atoms with Crippen LogP contribution in [-0.2, 0) is 19.5 Å². The van der Waals surface area contributed by atoms with Gasteiger partial charge in [-0.2, -0.15) is 11.8 Å². The van der Waals surface area contributed by atoms with Crippen molar-refractivity contribution in [2.24, 2.45) is 0 Å². The zero-order chi connectivity index (χ0) is 13.2. The fourth-order valence-electron chi connectivity index (χ4n) is 3.09. The van der Waals surface area contributed by atoms with Crippen molar-refractivity contribution in [2.75, 3.05) is 18.8 Å². The third-order valence-electron chi connectivity index (χ3n) is 4.56. The summed E-state index contributed by atoms with van der Waals surface area (Å²) in [7, 11) is 0. The average molecular weight is 276 g/mol. The van der Waals surface area contributed by atoms with Crippen LogP contribution in [0.4, 0.5) is 0 Å². The van der Waals surface area contributed by atoms with Crippen LogP contribution in [0.1, 0.15) is 30.5 Å². The summed E-state index contributed by atoms with van der Waals surface area (Å²) in [6.45, 7) is 9.25. The molecule has 3 heteroatoms. The van der Waals surface area contributed by atoms with Gasteiger partial charge >= 0.3 is 0 Å². The Balaban J connectivity index is 1.72. The normalized spacial score (nSPS) is 28.1. The van der Waals surface area contributed by atoms with Gasteiger partial charge in [0.05, 0.1) is 0 Å². The van der Waals surface area contributed by atoms with Gasteiger partial charge < -0.3 is 5.32 Å². The number of rotatable bonds is 2. The highest BCUT2D eigenvalue weighted by atomic mass is 32.2. The molecule has 1 aromatic rings. The van der Waals surface area contributed by atoms with Gasteiger partial charge in [-0.3, -0.25) is 4.90 Å². The van der Waals surface area contributed by atoms with Gasteiger partial charge in [-0.05, 0) is 36.6 Å². The van der Waals surface area contributed by atoms with Gasteiger partial charge in [0, 0.05) is 36.7 Å². The first-order valence-corrected chi connectivity index (χ1v) is 8.46. The molecule has 104 valence electrons. The van der Waals surface area contributed by atoms with E-state index in [9.17, 15) is 0 Å². The Labute approximate surface area is 121 Å². The molecule has 1 saturated heterocycles. The second-order valence-corrected chi connectivity index (χ2v) is 7.30. The quantitative estimate of drug-likeness (QED) is 0.894. The van der Waals surface area contributed by atoms with Crippen LogP contribution in [0.5, 0.6) is 0 Å². The molecule has 2 aliphatic rings. The molecule has 2 aliphatic heterocycles. The Morgan fingerprint density at radius 2 is 2.21 bits per heavy atom. The first-order valence-electron chi connectivity index (χ1n) is 7.41. The zero-order valence-corrected chi connectivity index (χ0v) is 12.8. The first-order chi connectivity index (χ1) is 9.24. The molecule has 1 fully saturated rings. The average Bonchev–Trinajstić information content (AvgIpc) is 2.44. The van der Waals surface area contributed by atoms with Crippen molar-refractivity contribution < 1.29 is 0 Å². The molecule has 1 aromatic carbocycles. The molecule has 2 unspecified atom stereocenters. The molecule has 0 saturated carbocycles. The molecule has 0 aromatic heterocycles. The predicted molar refractivity (Wildman–Crippen MR) is 83.6 cm³/mol. The lowest BCUT2D eigenvalue weighted by atomic mass is 9.98. The lowest BCUT2D eigenvalue weighted by Crippen LogP contribution is -2.43. The minimum Gasteiger partial charge on any atom is -0.312 e. The lowest BCUT2D eigenvalue weighted by Gasteiger charge is -2.37.